The Morgan fingerprint density at radius 3 is 2.90 bits per heavy atom. The first-order chi connectivity index (χ1) is 9.69. The molecule has 0 bridgehead atoms. The highest BCUT2D eigenvalue weighted by molar-refractivity contribution is 9.10. The van der Waals surface area contributed by atoms with E-state index in [0.717, 1.165) is 29.8 Å². The quantitative estimate of drug-likeness (QED) is 0.830. The second-order valence-corrected chi connectivity index (χ2v) is 6.06. The molecule has 6 heteroatoms. The summed E-state index contributed by atoms with van der Waals surface area (Å²) in [6, 6.07) is 8.25. The number of benzene rings is 1. The molecule has 4 nitrogen and oxygen atoms in total. The van der Waals surface area contributed by atoms with Gasteiger partial charge in [-0.05, 0) is 54.5 Å². The summed E-state index contributed by atoms with van der Waals surface area (Å²) in [4.78, 5) is 14.3. The van der Waals surface area contributed by atoms with Crippen LogP contribution in [0.25, 0.3) is 0 Å². The first-order valence-electron chi connectivity index (χ1n) is 7.13. The number of nitrogens with zero attached hydrogens (tertiary/aromatic N) is 1. The van der Waals surface area contributed by atoms with Crippen molar-refractivity contribution in [2.75, 3.05) is 32.0 Å². The van der Waals surface area contributed by atoms with Crippen molar-refractivity contribution >= 4 is 39.9 Å². The minimum atomic E-state index is 0. The van der Waals surface area contributed by atoms with E-state index in [4.69, 9.17) is 0 Å². The molecule has 2 rings (SSSR count). The Morgan fingerprint density at radius 2 is 2.19 bits per heavy atom. The van der Waals surface area contributed by atoms with Crippen molar-refractivity contribution in [1.29, 1.82) is 0 Å². The Labute approximate surface area is 141 Å². The summed E-state index contributed by atoms with van der Waals surface area (Å²) in [5.74, 6) is 0.0727. The van der Waals surface area contributed by atoms with Gasteiger partial charge in [0.2, 0.25) is 5.91 Å². The standard InChI is InChI=1S/C15H22BrN3O.ClH/c1-17-12-5-4-9-19(11-12)10-8-15(20)18-14-7-3-2-6-13(14)16;/h2-3,6-7,12,17H,4-5,8-11H2,1H3,(H,18,20);1H. The Hall–Kier alpha value is -0.620. The van der Waals surface area contributed by atoms with Crippen molar-refractivity contribution in [2.45, 2.75) is 25.3 Å². The number of nitrogens with one attached hydrogen (secondary N) is 2. The molecule has 1 unspecified atom stereocenters. The summed E-state index contributed by atoms with van der Waals surface area (Å²) in [5, 5.41) is 6.27. The highest BCUT2D eigenvalue weighted by Crippen LogP contribution is 2.21. The molecule has 1 heterocycles. The van der Waals surface area contributed by atoms with Crippen molar-refractivity contribution in [3.8, 4) is 0 Å². The minimum Gasteiger partial charge on any atom is -0.325 e. The van der Waals surface area contributed by atoms with E-state index in [1.54, 1.807) is 0 Å². The largest absolute Gasteiger partial charge is 0.325 e. The van der Waals surface area contributed by atoms with Crippen molar-refractivity contribution in [2.24, 2.45) is 0 Å². The molecule has 1 atom stereocenters. The zero-order valence-corrected chi connectivity index (χ0v) is 14.7. The molecule has 1 aliphatic heterocycles. The summed E-state index contributed by atoms with van der Waals surface area (Å²) in [7, 11) is 2.01. The van der Waals surface area contributed by atoms with Gasteiger partial charge in [0.25, 0.3) is 0 Å². The van der Waals surface area contributed by atoms with E-state index in [1.165, 1.54) is 12.8 Å². The second kappa shape index (κ2) is 9.41. The van der Waals surface area contributed by atoms with Crippen LogP contribution in [0.4, 0.5) is 5.69 Å². The average molecular weight is 377 g/mol. The topological polar surface area (TPSA) is 44.4 Å². The van der Waals surface area contributed by atoms with Crippen LogP contribution in [-0.2, 0) is 4.79 Å². The van der Waals surface area contributed by atoms with Gasteiger partial charge in [0.15, 0.2) is 0 Å². The highest BCUT2D eigenvalue weighted by Gasteiger charge is 2.18. The molecule has 21 heavy (non-hydrogen) atoms. The van der Waals surface area contributed by atoms with Crippen LogP contribution in [0.3, 0.4) is 0 Å². The SMILES string of the molecule is CNC1CCCN(CCC(=O)Nc2ccccc2Br)C1.Cl. The van der Waals surface area contributed by atoms with Crippen LogP contribution in [0.2, 0.25) is 0 Å². The lowest BCUT2D eigenvalue weighted by Gasteiger charge is -2.32. The number of halogens is 2. The highest BCUT2D eigenvalue weighted by atomic mass is 79.9. The number of carbonyl (C=O) groups excluding carboxylic acids is 1. The second-order valence-electron chi connectivity index (χ2n) is 5.21. The van der Waals surface area contributed by atoms with Gasteiger partial charge in [-0.1, -0.05) is 12.1 Å². The van der Waals surface area contributed by atoms with Gasteiger partial charge in [-0.25, -0.2) is 0 Å². The molecule has 0 saturated carbocycles. The number of carbonyl (C=O) groups is 1. The maximum Gasteiger partial charge on any atom is 0.225 e. The van der Waals surface area contributed by atoms with Crippen LogP contribution in [0.15, 0.2) is 28.7 Å². The predicted octanol–water partition coefficient (Wildman–Crippen LogP) is 2.88. The average Bonchev–Trinajstić information content (AvgIpc) is 2.48. The number of likely N-dealkylation sites (tertiary alicyclic amines) is 1. The van der Waals surface area contributed by atoms with Gasteiger partial charge in [-0.3, -0.25) is 4.79 Å². The lowest BCUT2D eigenvalue weighted by molar-refractivity contribution is -0.116. The number of hydrogen-bond donors (Lipinski definition) is 2. The van der Waals surface area contributed by atoms with E-state index >= 15 is 0 Å². The third-order valence-electron chi connectivity index (χ3n) is 3.72. The molecule has 0 radical (unpaired) electrons. The Kier molecular flexibility index (Phi) is 8.26. The number of rotatable bonds is 5. The third-order valence-corrected chi connectivity index (χ3v) is 4.41. The van der Waals surface area contributed by atoms with Crippen molar-refractivity contribution in [1.82, 2.24) is 10.2 Å². The van der Waals surface area contributed by atoms with Crippen molar-refractivity contribution in [3.05, 3.63) is 28.7 Å². The molecule has 0 spiro atoms. The van der Waals surface area contributed by atoms with Gasteiger partial charge in [-0.2, -0.15) is 0 Å². The molecule has 1 saturated heterocycles. The van der Waals surface area contributed by atoms with Gasteiger partial charge in [0.05, 0.1) is 5.69 Å². The zero-order chi connectivity index (χ0) is 14.4. The van der Waals surface area contributed by atoms with Crippen LogP contribution in [0, 0.1) is 0 Å². The van der Waals surface area contributed by atoms with E-state index < -0.39 is 0 Å². The van der Waals surface area contributed by atoms with E-state index in [9.17, 15) is 4.79 Å². The maximum absolute atomic E-state index is 12.0. The fraction of sp³-hybridized carbons (Fsp3) is 0.533. The molecular formula is C15H23BrClN3O. The van der Waals surface area contributed by atoms with Gasteiger partial charge in [0.1, 0.15) is 0 Å². The Balaban J connectivity index is 0.00000220. The minimum absolute atomic E-state index is 0. The fourth-order valence-corrected chi connectivity index (χ4v) is 2.91. The normalized spacial score (nSPS) is 18.9. The summed E-state index contributed by atoms with van der Waals surface area (Å²) in [6.07, 6.45) is 2.98. The molecule has 1 aliphatic rings. The summed E-state index contributed by atoms with van der Waals surface area (Å²) >= 11 is 3.44. The number of amides is 1. The smallest absolute Gasteiger partial charge is 0.225 e. The van der Waals surface area contributed by atoms with Crippen LogP contribution in [0.1, 0.15) is 19.3 Å². The van der Waals surface area contributed by atoms with Crippen LogP contribution in [0.5, 0.6) is 0 Å². The van der Waals surface area contributed by atoms with Crippen molar-refractivity contribution < 1.29 is 4.79 Å². The number of piperidine rings is 1. The van der Waals surface area contributed by atoms with Gasteiger partial charge in [-0.15, -0.1) is 12.4 Å². The van der Waals surface area contributed by atoms with Crippen LogP contribution < -0.4 is 10.6 Å². The van der Waals surface area contributed by atoms with Crippen LogP contribution in [-0.4, -0.2) is 43.5 Å². The molecule has 2 N–H and O–H groups in total. The summed E-state index contributed by atoms with van der Waals surface area (Å²) < 4.78 is 0.918. The molecule has 1 amide bonds. The maximum atomic E-state index is 12.0. The first-order valence-corrected chi connectivity index (χ1v) is 7.92. The van der Waals surface area contributed by atoms with E-state index in [-0.39, 0.29) is 18.3 Å². The number of para-hydroxylation sites is 1. The summed E-state index contributed by atoms with van der Waals surface area (Å²) in [6.45, 7) is 2.97. The third kappa shape index (κ3) is 5.94. The lowest BCUT2D eigenvalue weighted by atomic mass is 10.1. The predicted molar refractivity (Wildman–Crippen MR) is 93.2 cm³/mol. The van der Waals surface area contributed by atoms with Crippen molar-refractivity contribution in [3.63, 3.8) is 0 Å². The number of likely N-dealkylation sites (N-methyl/N-ethyl adjacent to an activating group) is 1. The van der Waals surface area contributed by atoms with E-state index in [0.29, 0.717) is 12.5 Å². The molecule has 118 valence electrons. The molecule has 1 fully saturated rings. The molecule has 0 aliphatic carbocycles. The molecular weight excluding hydrogens is 354 g/mol. The van der Waals surface area contributed by atoms with Gasteiger partial charge in [0, 0.05) is 30.0 Å². The van der Waals surface area contributed by atoms with E-state index in [1.807, 2.05) is 31.3 Å². The van der Waals surface area contributed by atoms with Gasteiger partial charge < -0.3 is 15.5 Å². The molecule has 1 aromatic rings. The van der Waals surface area contributed by atoms with Gasteiger partial charge >= 0.3 is 0 Å². The Morgan fingerprint density at radius 1 is 1.43 bits per heavy atom. The molecule has 0 aromatic heterocycles. The van der Waals surface area contributed by atoms with Crippen LogP contribution >= 0.6 is 28.3 Å². The lowest BCUT2D eigenvalue weighted by Crippen LogP contribution is -2.45. The Bertz CT molecular complexity index is 458. The summed E-state index contributed by atoms with van der Waals surface area (Å²) in [5.41, 5.74) is 0.837. The zero-order valence-electron chi connectivity index (χ0n) is 12.3. The monoisotopic (exact) mass is 375 g/mol. The number of anilines is 1. The molecule has 1 aromatic carbocycles. The first kappa shape index (κ1) is 18.4. The number of hydrogen-bond acceptors (Lipinski definition) is 3. The fourth-order valence-electron chi connectivity index (χ4n) is 2.53. The van der Waals surface area contributed by atoms with E-state index in [2.05, 4.69) is 31.5 Å².